The third kappa shape index (κ3) is 3.09. The van der Waals surface area contributed by atoms with Crippen LogP contribution < -0.4 is 0 Å². The maximum absolute atomic E-state index is 2.68. The van der Waals surface area contributed by atoms with Crippen LogP contribution in [0.15, 0.2) is 0 Å². The van der Waals surface area contributed by atoms with Gasteiger partial charge in [0.25, 0.3) is 0 Å². The standard InChI is InChI=1S/C12H29NSi/c1-10(2)13(11(3,4)5)12(6,7)14(8)9/h10,14H,1-9H3. The molecule has 0 aliphatic heterocycles. The fraction of sp³-hybridized carbons (Fsp3) is 1.00. The minimum absolute atomic E-state index is 0.273. The van der Waals surface area contributed by atoms with Crippen LogP contribution in [-0.2, 0) is 0 Å². The van der Waals surface area contributed by atoms with Crippen molar-refractivity contribution >= 4 is 8.80 Å². The second kappa shape index (κ2) is 4.36. The van der Waals surface area contributed by atoms with Gasteiger partial charge < -0.3 is 0 Å². The molecule has 0 aliphatic carbocycles. The van der Waals surface area contributed by atoms with Gasteiger partial charge in [0, 0.05) is 16.7 Å². The van der Waals surface area contributed by atoms with E-state index in [9.17, 15) is 0 Å². The number of nitrogens with zero attached hydrogens (tertiary/aromatic N) is 1. The summed E-state index contributed by atoms with van der Waals surface area (Å²) in [6.07, 6.45) is 0. The first-order valence-corrected chi connectivity index (χ1v) is 8.69. The minimum atomic E-state index is -0.667. The highest BCUT2D eigenvalue weighted by molar-refractivity contribution is 6.59. The van der Waals surface area contributed by atoms with E-state index in [1.807, 2.05) is 0 Å². The number of rotatable bonds is 3. The number of hydrogen-bond donors (Lipinski definition) is 0. The summed E-state index contributed by atoms with van der Waals surface area (Å²) in [5.41, 5.74) is 0.273. The molecule has 0 aliphatic rings. The minimum Gasteiger partial charge on any atom is -0.294 e. The summed E-state index contributed by atoms with van der Waals surface area (Å²) in [6.45, 7) is 21.3. The molecule has 0 rings (SSSR count). The van der Waals surface area contributed by atoms with Crippen molar-refractivity contribution in [3.05, 3.63) is 0 Å². The van der Waals surface area contributed by atoms with Crippen molar-refractivity contribution in [2.75, 3.05) is 0 Å². The Hall–Kier alpha value is 0.177. The van der Waals surface area contributed by atoms with E-state index in [-0.39, 0.29) is 5.54 Å². The topological polar surface area (TPSA) is 3.24 Å². The molecule has 0 spiro atoms. The predicted octanol–water partition coefficient (Wildman–Crippen LogP) is 3.30. The Morgan fingerprint density at radius 2 is 1.29 bits per heavy atom. The first kappa shape index (κ1) is 14.2. The lowest BCUT2D eigenvalue weighted by Crippen LogP contribution is -2.62. The zero-order valence-electron chi connectivity index (χ0n) is 11.6. The Labute approximate surface area is 92.5 Å². The molecule has 0 atom stereocenters. The highest BCUT2D eigenvalue weighted by Gasteiger charge is 2.38. The molecule has 0 saturated heterocycles. The molecule has 0 fully saturated rings. The van der Waals surface area contributed by atoms with Gasteiger partial charge in [0.2, 0.25) is 0 Å². The molecular weight excluding hydrogens is 186 g/mol. The average molecular weight is 215 g/mol. The summed E-state index contributed by atoms with van der Waals surface area (Å²) in [5.74, 6) is 0. The van der Waals surface area contributed by atoms with E-state index in [1.54, 1.807) is 0 Å². The van der Waals surface area contributed by atoms with Gasteiger partial charge in [0.05, 0.1) is 8.80 Å². The largest absolute Gasteiger partial charge is 0.294 e. The fourth-order valence-corrected chi connectivity index (χ4v) is 3.82. The van der Waals surface area contributed by atoms with Gasteiger partial charge in [0.1, 0.15) is 0 Å². The Bertz CT molecular complexity index is 177. The molecule has 0 aromatic rings. The lowest BCUT2D eigenvalue weighted by Gasteiger charge is -2.51. The van der Waals surface area contributed by atoms with Gasteiger partial charge in [-0.15, -0.1) is 0 Å². The molecule has 2 heteroatoms. The van der Waals surface area contributed by atoms with Crippen LogP contribution in [0.1, 0.15) is 48.5 Å². The summed E-state index contributed by atoms with van der Waals surface area (Å²) in [7, 11) is -0.667. The van der Waals surface area contributed by atoms with E-state index in [0.717, 1.165) is 0 Å². The Balaban J connectivity index is 5.03. The van der Waals surface area contributed by atoms with Gasteiger partial charge in [0.15, 0.2) is 0 Å². The second-order valence-corrected chi connectivity index (χ2v) is 10.2. The molecule has 0 aromatic heterocycles. The van der Waals surface area contributed by atoms with E-state index in [4.69, 9.17) is 0 Å². The van der Waals surface area contributed by atoms with E-state index in [0.29, 0.717) is 11.2 Å². The van der Waals surface area contributed by atoms with Crippen molar-refractivity contribution in [3.63, 3.8) is 0 Å². The second-order valence-electron chi connectivity index (χ2n) is 6.44. The summed E-state index contributed by atoms with van der Waals surface area (Å²) >= 11 is 0. The van der Waals surface area contributed by atoms with Crippen LogP contribution >= 0.6 is 0 Å². The smallest absolute Gasteiger partial charge is 0.0541 e. The highest BCUT2D eigenvalue weighted by Crippen LogP contribution is 2.29. The van der Waals surface area contributed by atoms with Crippen LogP contribution in [0.5, 0.6) is 0 Å². The van der Waals surface area contributed by atoms with E-state index >= 15 is 0 Å². The van der Waals surface area contributed by atoms with Crippen molar-refractivity contribution in [1.82, 2.24) is 4.90 Å². The Kier molecular flexibility index (Phi) is 4.41. The molecule has 0 N–H and O–H groups in total. The molecule has 0 aromatic carbocycles. The molecule has 0 bridgehead atoms. The first-order valence-electron chi connectivity index (χ1n) is 5.80. The molecule has 1 nitrogen and oxygen atoms in total. The molecular formula is C12H29NSi. The summed E-state index contributed by atoms with van der Waals surface area (Å²) < 4.78 is 0. The third-order valence-corrected chi connectivity index (χ3v) is 6.38. The van der Waals surface area contributed by atoms with Gasteiger partial charge >= 0.3 is 0 Å². The van der Waals surface area contributed by atoms with Gasteiger partial charge in [-0.1, -0.05) is 26.9 Å². The third-order valence-electron chi connectivity index (χ3n) is 3.27. The summed E-state index contributed by atoms with van der Waals surface area (Å²) in [5, 5.41) is 0.395. The van der Waals surface area contributed by atoms with Gasteiger partial charge in [-0.05, 0) is 34.6 Å². The van der Waals surface area contributed by atoms with Crippen molar-refractivity contribution < 1.29 is 0 Å². The monoisotopic (exact) mass is 215 g/mol. The molecule has 0 amide bonds. The predicted molar refractivity (Wildman–Crippen MR) is 69.7 cm³/mol. The number of hydrogen-bond acceptors (Lipinski definition) is 1. The van der Waals surface area contributed by atoms with Gasteiger partial charge in [-0.2, -0.15) is 0 Å². The molecule has 0 saturated carbocycles. The van der Waals surface area contributed by atoms with Gasteiger partial charge in [-0.25, -0.2) is 0 Å². The van der Waals surface area contributed by atoms with E-state index in [2.05, 4.69) is 66.5 Å². The van der Waals surface area contributed by atoms with Crippen molar-refractivity contribution in [1.29, 1.82) is 0 Å². The highest BCUT2D eigenvalue weighted by atomic mass is 28.3. The van der Waals surface area contributed by atoms with E-state index < -0.39 is 8.80 Å². The molecule has 86 valence electrons. The molecule has 0 unspecified atom stereocenters. The Morgan fingerprint density at radius 1 is 0.929 bits per heavy atom. The van der Waals surface area contributed by atoms with Gasteiger partial charge in [-0.3, -0.25) is 4.90 Å². The fourth-order valence-electron chi connectivity index (χ4n) is 2.58. The van der Waals surface area contributed by atoms with Crippen LogP contribution in [0.3, 0.4) is 0 Å². The zero-order valence-corrected chi connectivity index (χ0v) is 12.8. The van der Waals surface area contributed by atoms with Crippen molar-refractivity contribution in [2.24, 2.45) is 0 Å². The quantitative estimate of drug-likeness (QED) is 0.653. The normalized spacial score (nSPS) is 14.6. The van der Waals surface area contributed by atoms with Crippen molar-refractivity contribution in [2.45, 2.75) is 78.3 Å². The molecule has 0 radical (unpaired) electrons. The SMILES string of the molecule is CC(C)N(C(C)(C)C)C(C)(C)[SiH](C)C. The van der Waals surface area contributed by atoms with Crippen LogP contribution in [0.2, 0.25) is 13.1 Å². The van der Waals surface area contributed by atoms with Crippen LogP contribution in [0.4, 0.5) is 0 Å². The lowest BCUT2D eigenvalue weighted by molar-refractivity contribution is 0.0384. The van der Waals surface area contributed by atoms with Crippen LogP contribution in [0, 0.1) is 0 Å². The summed E-state index contributed by atoms with van der Waals surface area (Å²) in [4.78, 5) is 2.68. The lowest BCUT2D eigenvalue weighted by atomic mass is 10.0. The molecule has 14 heavy (non-hydrogen) atoms. The Morgan fingerprint density at radius 3 is 1.36 bits per heavy atom. The average Bonchev–Trinajstić information content (AvgIpc) is 1.79. The maximum atomic E-state index is 2.68. The van der Waals surface area contributed by atoms with Crippen LogP contribution in [0.25, 0.3) is 0 Å². The maximum Gasteiger partial charge on any atom is 0.0541 e. The first-order chi connectivity index (χ1) is 6.01. The summed E-state index contributed by atoms with van der Waals surface area (Å²) in [6, 6.07) is 0.625. The van der Waals surface area contributed by atoms with Crippen LogP contribution in [-0.4, -0.2) is 30.4 Å². The zero-order chi connectivity index (χ0) is 11.7. The van der Waals surface area contributed by atoms with E-state index in [1.165, 1.54) is 0 Å². The van der Waals surface area contributed by atoms with Crippen molar-refractivity contribution in [3.8, 4) is 0 Å². The molecule has 0 heterocycles.